The Bertz CT molecular complexity index is 276. The largest absolute Gasteiger partial charge is 0.481 e. The van der Waals surface area contributed by atoms with Crippen LogP contribution in [0.15, 0.2) is 0 Å². The second kappa shape index (κ2) is 10.7. The highest BCUT2D eigenvalue weighted by Gasteiger charge is 2.36. The van der Waals surface area contributed by atoms with Gasteiger partial charge in [-0.15, -0.1) is 0 Å². The molecule has 0 aliphatic carbocycles. The molecule has 0 atom stereocenters. The monoisotopic (exact) mass is 286 g/mol. The minimum absolute atomic E-state index is 0.0661. The summed E-state index contributed by atoms with van der Waals surface area (Å²) >= 11 is 0. The van der Waals surface area contributed by atoms with E-state index in [2.05, 4.69) is 13.8 Å². The van der Waals surface area contributed by atoms with Gasteiger partial charge in [-0.3, -0.25) is 9.59 Å². The first-order chi connectivity index (χ1) is 9.48. The number of carbonyl (C=O) groups is 2. The van der Waals surface area contributed by atoms with Crippen molar-refractivity contribution in [2.75, 3.05) is 0 Å². The molecule has 118 valence electrons. The summed E-state index contributed by atoms with van der Waals surface area (Å²) in [6.45, 7) is 4.20. The molecule has 0 aromatic rings. The van der Waals surface area contributed by atoms with Crippen molar-refractivity contribution in [2.45, 2.75) is 84.5 Å². The van der Waals surface area contributed by atoms with Crippen LogP contribution in [0.25, 0.3) is 0 Å². The summed E-state index contributed by atoms with van der Waals surface area (Å²) in [5.41, 5.74) is -0.709. The lowest BCUT2D eigenvalue weighted by Crippen LogP contribution is -2.31. The molecule has 0 heterocycles. The van der Waals surface area contributed by atoms with Gasteiger partial charge in [0.1, 0.15) is 0 Å². The number of hydrogen-bond acceptors (Lipinski definition) is 2. The molecule has 0 aromatic carbocycles. The maximum absolute atomic E-state index is 11.7. The van der Waals surface area contributed by atoms with E-state index in [1.807, 2.05) is 0 Å². The van der Waals surface area contributed by atoms with Gasteiger partial charge in [-0.05, 0) is 25.7 Å². The molecule has 0 unspecified atom stereocenters. The van der Waals surface area contributed by atoms with Crippen LogP contribution in [-0.4, -0.2) is 22.2 Å². The van der Waals surface area contributed by atoms with Gasteiger partial charge in [-0.25, -0.2) is 0 Å². The maximum Gasteiger partial charge on any atom is 0.309 e. The van der Waals surface area contributed by atoms with Crippen LogP contribution >= 0.6 is 0 Å². The molecule has 20 heavy (non-hydrogen) atoms. The minimum Gasteiger partial charge on any atom is -0.481 e. The van der Waals surface area contributed by atoms with Gasteiger partial charge in [-0.1, -0.05) is 52.4 Å². The molecular formula is C16H30O4. The first-order valence-electron chi connectivity index (χ1n) is 7.93. The van der Waals surface area contributed by atoms with E-state index in [1.165, 1.54) is 0 Å². The first-order valence-corrected chi connectivity index (χ1v) is 7.93. The fourth-order valence-electron chi connectivity index (χ4n) is 2.70. The molecule has 0 radical (unpaired) electrons. The zero-order valence-electron chi connectivity index (χ0n) is 13.0. The Morgan fingerprint density at radius 3 is 1.60 bits per heavy atom. The molecule has 0 bridgehead atoms. The SMILES string of the molecule is CCCCCC(CCCCC)(CCCC(=O)O)C(=O)O. The van der Waals surface area contributed by atoms with E-state index in [-0.39, 0.29) is 6.42 Å². The lowest BCUT2D eigenvalue weighted by Gasteiger charge is -2.29. The molecule has 0 rings (SSSR count). The van der Waals surface area contributed by atoms with Gasteiger partial charge >= 0.3 is 11.9 Å². The van der Waals surface area contributed by atoms with Gasteiger partial charge in [-0.2, -0.15) is 0 Å². The quantitative estimate of drug-likeness (QED) is 0.490. The molecule has 0 amide bonds. The molecule has 4 heteroatoms. The van der Waals surface area contributed by atoms with Crippen LogP contribution in [0.3, 0.4) is 0 Å². The summed E-state index contributed by atoms with van der Waals surface area (Å²) < 4.78 is 0. The number of aliphatic carboxylic acids is 2. The highest BCUT2D eigenvalue weighted by Crippen LogP contribution is 2.37. The van der Waals surface area contributed by atoms with Crippen LogP contribution in [0.4, 0.5) is 0 Å². The third-order valence-corrected chi connectivity index (χ3v) is 4.02. The molecule has 0 aromatic heterocycles. The van der Waals surface area contributed by atoms with E-state index in [4.69, 9.17) is 5.11 Å². The molecule has 0 aliphatic heterocycles. The molecule has 0 aliphatic rings. The van der Waals surface area contributed by atoms with Crippen molar-refractivity contribution in [1.29, 1.82) is 0 Å². The molecule has 0 saturated heterocycles. The van der Waals surface area contributed by atoms with Crippen LogP contribution in [0.1, 0.15) is 84.5 Å². The van der Waals surface area contributed by atoms with E-state index in [9.17, 15) is 14.7 Å². The lowest BCUT2D eigenvalue weighted by molar-refractivity contribution is -0.151. The van der Waals surface area contributed by atoms with Crippen molar-refractivity contribution in [2.24, 2.45) is 5.41 Å². The molecule has 4 nitrogen and oxygen atoms in total. The highest BCUT2D eigenvalue weighted by molar-refractivity contribution is 5.74. The number of hydrogen-bond donors (Lipinski definition) is 2. The fourth-order valence-corrected chi connectivity index (χ4v) is 2.70. The van der Waals surface area contributed by atoms with Crippen molar-refractivity contribution in [3.63, 3.8) is 0 Å². The summed E-state index contributed by atoms with van der Waals surface area (Å²) in [5, 5.41) is 18.4. The average molecular weight is 286 g/mol. The van der Waals surface area contributed by atoms with Gasteiger partial charge in [0.15, 0.2) is 0 Å². The third kappa shape index (κ3) is 7.51. The summed E-state index contributed by atoms with van der Waals surface area (Å²) in [6, 6.07) is 0. The van der Waals surface area contributed by atoms with Crippen molar-refractivity contribution in [3.05, 3.63) is 0 Å². The Labute approximate surface area is 122 Å². The summed E-state index contributed by atoms with van der Waals surface area (Å²) in [7, 11) is 0. The number of carboxylic acid groups (broad SMARTS) is 2. The van der Waals surface area contributed by atoms with Crippen molar-refractivity contribution >= 4 is 11.9 Å². The van der Waals surface area contributed by atoms with Crippen molar-refractivity contribution < 1.29 is 19.8 Å². The van der Waals surface area contributed by atoms with Crippen LogP contribution in [0, 0.1) is 5.41 Å². The van der Waals surface area contributed by atoms with Gasteiger partial charge < -0.3 is 10.2 Å². The molecule has 0 fully saturated rings. The Kier molecular flexibility index (Phi) is 10.1. The zero-order chi connectivity index (χ0) is 15.4. The van der Waals surface area contributed by atoms with E-state index in [0.29, 0.717) is 25.7 Å². The Morgan fingerprint density at radius 1 is 0.800 bits per heavy atom. The van der Waals surface area contributed by atoms with Crippen LogP contribution in [0.2, 0.25) is 0 Å². The van der Waals surface area contributed by atoms with Gasteiger partial charge in [0.05, 0.1) is 5.41 Å². The predicted octanol–water partition coefficient (Wildman–Crippen LogP) is 4.47. The summed E-state index contributed by atoms with van der Waals surface area (Å²) in [5.74, 6) is -1.58. The van der Waals surface area contributed by atoms with Gasteiger partial charge in [0.25, 0.3) is 0 Å². The van der Waals surface area contributed by atoms with E-state index >= 15 is 0 Å². The maximum atomic E-state index is 11.7. The topological polar surface area (TPSA) is 74.6 Å². The van der Waals surface area contributed by atoms with Gasteiger partial charge in [0.2, 0.25) is 0 Å². The molecule has 2 N–H and O–H groups in total. The lowest BCUT2D eigenvalue weighted by atomic mass is 9.74. The van der Waals surface area contributed by atoms with Gasteiger partial charge in [0, 0.05) is 6.42 Å². The van der Waals surface area contributed by atoms with E-state index in [1.54, 1.807) is 0 Å². The van der Waals surface area contributed by atoms with Crippen molar-refractivity contribution in [1.82, 2.24) is 0 Å². The van der Waals surface area contributed by atoms with E-state index in [0.717, 1.165) is 38.5 Å². The smallest absolute Gasteiger partial charge is 0.309 e. The third-order valence-electron chi connectivity index (χ3n) is 4.02. The summed E-state index contributed by atoms with van der Waals surface area (Å²) in [4.78, 5) is 22.4. The number of unbranched alkanes of at least 4 members (excludes halogenated alkanes) is 4. The second-order valence-electron chi connectivity index (χ2n) is 5.75. The molecule has 0 saturated carbocycles. The van der Waals surface area contributed by atoms with Crippen LogP contribution in [0.5, 0.6) is 0 Å². The average Bonchev–Trinajstić information content (AvgIpc) is 2.38. The molecule has 0 spiro atoms. The first kappa shape index (κ1) is 18.9. The molecular weight excluding hydrogens is 256 g/mol. The van der Waals surface area contributed by atoms with Crippen LogP contribution in [-0.2, 0) is 9.59 Å². The Hall–Kier alpha value is -1.06. The predicted molar refractivity (Wildman–Crippen MR) is 79.8 cm³/mol. The fraction of sp³-hybridized carbons (Fsp3) is 0.875. The van der Waals surface area contributed by atoms with Crippen LogP contribution < -0.4 is 0 Å². The summed E-state index contributed by atoms with van der Waals surface area (Å²) in [6.07, 6.45) is 8.44. The highest BCUT2D eigenvalue weighted by atomic mass is 16.4. The van der Waals surface area contributed by atoms with E-state index < -0.39 is 17.4 Å². The zero-order valence-corrected chi connectivity index (χ0v) is 13.0. The number of rotatable bonds is 13. The number of carboxylic acids is 2. The Morgan fingerprint density at radius 2 is 1.25 bits per heavy atom. The Balaban J connectivity index is 4.63. The second-order valence-corrected chi connectivity index (χ2v) is 5.75. The van der Waals surface area contributed by atoms with Crippen molar-refractivity contribution in [3.8, 4) is 0 Å². The minimum atomic E-state index is -0.841. The standard InChI is InChI=1S/C16H30O4/c1-3-5-7-11-16(15(19)20,12-8-6-4-2)13-9-10-14(17)18/h3-13H2,1-2H3,(H,17,18)(H,19,20). The normalized spacial score (nSPS) is 11.5.